The number of esters is 1. The minimum atomic E-state index is -0.577. The molecule has 0 aliphatic carbocycles. The number of hydrogen-bond acceptors (Lipinski definition) is 4. The van der Waals surface area contributed by atoms with Crippen LogP contribution in [0.3, 0.4) is 0 Å². The fraction of sp³-hybridized carbons (Fsp3) is 0.188. The quantitative estimate of drug-likeness (QED) is 0.694. The minimum Gasteiger partial charge on any atom is -0.497 e. The molecule has 0 heterocycles. The number of anilines is 1. The van der Waals surface area contributed by atoms with Crippen molar-refractivity contribution in [3.63, 3.8) is 0 Å². The van der Waals surface area contributed by atoms with Gasteiger partial charge in [-0.05, 0) is 31.2 Å². The number of nitrogen functional groups attached to an aromatic ring is 1. The van der Waals surface area contributed by atoms with Crippen molar-refractivity contribution >= 4 is 11.7 Å². The van der Waals surface area contributed by atoms with Crippen LogP contribution in [-0.4, -0.2) is 13.1 Å². The van der Waals surface area contributed by atoms with E-state index in [0.29, 0.717) is 11.4 Å². The smallest absolute Gasteiger partial charge is 0.340 e. The molecule has 0 aliphatic rings. The second-order valence-electron chi connectivity index (χ2n) is 4.62. The van der Waals surface area contributed by atoms with Gasteiger partial charge in [0, 0.05) is 17.3 Å². The third-order valence-corrected chi connectivity index (χ3v) is 3.05. The van der Waals surface area contributed by atoms with Gasteiger partial charge in [0.15, 0.2) is 0 Å². The largest absolute Gasteiger partial charge is 0.497 e. The molecule has 0 aromatic heterocycles. The van der Waals surface area contributed by atoms with Gasteiger partial charge in [0.25, 0.3) is 0 Å². The van der Waals surface area contributed by atoms with E-state index in [1.807, 2.05) is 6.92 Å². The van der Waals surface area contributed by atoms with Crippen molar-refractivity contribution < 1.29 is 18.7 Å². The fourth-order valence-corrected chi connectivity index (χ4v) is 1.84. The predicted octanol–water partition coefficient (Wildman–Crippen LogP) is 3.08. The highest BCUT2D eigenvalue weighted by atomic mass is 19.1. The van der Waals surface area contributed by atoms with E-state index in [-0.39, 0.29) is 17.7 Å². The average molecular weight is 289 g/mol. The van der Waals surface area contributed by atoms with Crippen molar-refractivity contribution in [1.29, 1.82) is 0 Å². The predicted molar refractivity (Wildman–Crippen MR) is 77.7 cm³/mol. The molecule has 0 bridgehead atoms. The zero-order valence-electron chi connectivity index (χ0n) is 11.9. The molecule has 2 rings (SSSR count). The summed E-state index contributed by atoms with van der Waals surface area (Å²) >= 11 is 0. The fourth-order valence-electron chi connectivity index (χ4n) is 1.84. The molecule has 0 unspecified atom stereocenters. The van der Waals surface area contributed by atoms with Crippen LogP contribution in [0.5, 0.6) is 5.75 Å². The Morgan fingerprint density at radius 2 is 2.00 bits per heavy atom. The summed E-state index contributed by atoms with van der Waals surface area (Å²) in [6, 6.07) is 9.44. The lowest BCUT2D eigenvalue weighted by Crippen LogP contribution is -2.09. The molecular weight excluding hydrogens is 273 g/mol. The van der Waals surface area contributed by atoms with Crippen LogP contribution in [0.1, 0.15) is 21.5 Å². The SMILES string of the molecule is COc1ccc(COC(=O)c2cc(C)ccc2N)c(F)c1. The molecular formula is C16H16FNO3. The van der Waals surface area contributed by atoms with Crippen molar-refractivity contribution in [2.45, 2.75) is 13.5 Å². The van der Waals surface area contributed by atoms with Gasteiger partial charge in [0.2, 0.25) is 0 Å². The van der Waals surface area contributed by atoms with E-state index in [2.05, 4.69) is 0 Å². The number of carbonyl (C=O) groups is 1. The number of halogens is 1. The van der Waals surface area contributed by atoms with E-state index in [1.165, 1.54) is 19.2 Å². The highest BCUT2D eigenvalue weighted by Gasteiger charge is 2.13. The number of benzene rings is 2. The van der Waals surface area contributed by atoms with Gasteiger partial charge in [-0.25, -0.2) is 9.18 Å². The maximum Gasteiger partial charge on any atom is 0.340 e. The van der Waals surface area contributed by atoms with Crippen LogP contribution in [0.2, 0.25) is 0 Å². The van der Waals surface area contributed by atoms with E-state index in [1.54, 1.807) is 24.3 Å². The number of ether oxygens (including phenoxy) is 2. The number of aryl methyl sites for hydroxylation is 1. The number of hydrogen-bond donors (Lipinski definition) is 1. The lowest BCUT2D eigenvalue weighted by molar-refractivity contribution is 0.0470. The summed E-state index contributed by atoms with van der Waals surface area (Å²) < 4.78 is 23.8. The van der Waals surface area contributed by atoms with Gasteiger partial charge in [-0.1, -0.05) is 11.6 Å². The molecule has 4 nitrogen and oxygen atoms in total. The number of carbonyl (C=O) groups excluding carboxylic acids is 1. The van der Waals surface area contributed by atoms with E-state index in [0.717, 1.165) is 5.56 Å². The standard InChI is InChI=1S/C16H16FNO3/c1-10-3-6-15(18)13(7-10)16(19)21-9-11-4-5-12(20-2)8-14(11)17/h3-8H,9,18H2,1-2H3. The highest BCUT2D eigenvalue weighted by Crippen LogP contribution is 2.19. The molecule has 21 heavy (non-hydrogen) atoms. The molecule has 2 N–H and O–H groups in total. The minimum absolute atomic E-state index is 0.165. The third-order valence-electron chi connectivity index (χ3n) is 3.05. The van der Waals surface area contributed by atoms with E-state index in [4.69, 9.17) is 15.2 Å². The normalized spacial score (nSPS) is 10.2. The van der Waals surface area contributed by atoms with Gasteiger partial charge in [0.1, 0.15) is 18.2 Å². The van der Waals surface area contributed by atoms with Crippen molar-refractivity contribution in [1.82, 2.24) is 0 Å². The Bertz CT molecular complexity index is 671. The average Bonchev–Trinajstić information content (AvgIpc) is 2.48. The van der Waals surface area contributed by atoms with Crippen LogP contribution in [0.15, 0.2) is 36.4 Å². The molecule has 5 heteroatoms. The number of rotatable bonds is 4. The molecule has 2 aromatic rings. The Morgan fingerprint density at radius 1 is 1.24 bits per heavy atom. The maximum absolute atomic E-state index is 13.7. The zero-order valence-corrected chi connectivity index (χ0v) is 11.9. The van der Waals surface area contributed by atoms with Crippen LogP contribution in [0.25, 0.3) is 0 Å². The summed E-state index contributed by atoms with van der Waals surface area (Å²) in [6.45, 7) is 1.68. The van der Waals surface area contributed by atoms with Gasteiger partial charge in [-0.15, -0.1) is 0 Å². The van der Waals surface area contributed by atoms with Crippen LogP contribution in [0.4, 0.5) is 10.1 Å². The molecule has 2 aromatic carbocycles. The second-order valence-corrected chi connectivity index (χ2v) is 4.62. The maximum atomic E-state index is 13.7. The Labute approximate surface area is 122 Å². The summed E-state index contributed by atoms with van der Waals surface area (Å²) in [5.41, 5.74) is 7.52. The van der Waals surface area contributed by atoms with Crippen LogP contribution in [0, 0.1) is 12.7 Å². The molecule has 0 saturated heterocycles. The molecule has 110 valence electrons. The van der Waals surface area contributed by atoms with E-state index in [9.17, 15) is 9.18 Å². The highest BCUT2D eigenvalue weighted by molar-refractivity contribution is 5.95. The second kappa shape index (κ2) is 6.26. The van der Waals surface area contributed by atoms with Crippen molar-refractivity contribution in [2.24, 2.45) is 0 Å². The number of nitrogens with two attached hydrogens (primary N) is 1. The van der Waals surface area contributed by atoms with Crippen LogP contribution < -0.4 is 10.5 Å². The van der Waals surface area contributed by atoms with Gasteiger partial charge < -0.3 is 15.2 Å². The molecule has 0 amide bonds. The molecule has 0 fully saturated rings. The molecule has 0 atom stereocenters. The zero-order chi connectivity index (χ0) is 15.4. The van der Waals surface area contributed by atoms with Gasteiger partial charge in [-0.2, -0.15) is 0 Å². The first-order valence-corrected chi connectivity index (χ1v) is 6.37. The Hall–Kier alpha value is -2.56. The van der Waals surface area contributed by atoms with Gasteiger partial charge >= 0.3 is 5.97 Å². The summed E-state index contributed by atoms with van der Waals surface area (Å²) in [4.78, 5) is 12.0. The third kappa shape index (κ3) is 3.51. The topological polar surface area (TPSA) is 61.5 Å². The van der Waals surface area contributed by atoms with Crippen LogP contribution >= 0.6 is 0 Å². The molecule has 0 radical (unpaired) electrons. The van der Waals surface area contributed by atoms with E-state index >= 15 is 0 Å². The number of methoxy groups -OCH3 is 1. The first-order valence-electron chi connectivity index (χ1n) is 6.37. The lowest BCUT2D eigenvalue weighted by atomic mass is 10.1. The molecule has 0 aliphatic heterocycles. The summed E-state index contributed by atoms with van der Waals surface area (Å²) in [5.74, 6) is -0.656. The van der Waals surface area contributed by atoms with Crippen LogP contribution in [-0.2, 0) is 11.3 Å². The summed E-state index contributed by atoms with van der Waals surface area (Å²) in [7, 11) is 1.45. The molecule has 0 saturated carbocycles. The monoisotopic (exact) mass is 289 g/mol. The Kier molecular flexibility index (Phi) is 4.42. The lowest BCUT2D eigenvalue weighted by Gasteiger charge is -2.09. The van der Waals surface area contributed by atoms with Crippen molar-refractivity contribution in [3.05, 3.63) is 58.9 Å². The van der Waals surface area contributed by atoms with Crippen molar-refractivity contribution in [3.8, 4) is 5.75 Å². The Morgan fingerprint density at radius 3 is 2.67 bits per heavy atom. The first-order chi connectivity index (χ1) is 10.0. The first kappa shape index (κ1) is 14.8. The van der Waals surface area contributed by atoms with Gasteiger partial charge in [-0.3, -0.25) is 0 Å². The van der Waals surface area contributed by atoms with E-state index < -0.39 is 11.8 Å². The van der Waals surface area contributed by atoms with Crippen molar-refractivity contribution in [2.75, 3.05) is 12.8 Å². The Balaban J connectivity index is 2.09. The summed E-state index contributed by atoms with van der Waals surface area (Å²) in [6.07, 6.45) is 0. The molecule has 0 spiro atoms. The summed E-state index contributed by atoms with van der Waals surface area (Å²) in [5, 5.41) is 0. The van der Waals surface area contributed by atoms with Gasteiger partial charge in [0.05, 0.1) is 12.7 Å².